The number of esters is 1. The zero-order valence-electron chi connectivity index (χ0n) is 9.92. The minimum Gasteiger partial charge on any atom is -0.460 e. The van der Waals surface area contributed by atoms with Crippen molar-refractivity contribution in [2.45, 2.75) is 13.2 Å². The van der Waals surface area contributed by atoms with E-state index < -0.39 is 5.09 Å². The third-order valence-electron chi connectivity index (χ3n) is 2.05. The molecule has 0 fully saturated rings. The Labute approximate surface area is 104 Å². The van der Waals surface area contributed by atoms with Crippen molar-refractivity contribution < 1.29 is 19.5 Å². The van der Waals surface area contributed by atoms with Crippen molar-refractivity contribution in [2.24, 2.45) is 0 Å². The summed E-state index contributed by atoms with van der Waals surface area (Å²) in [5, 5.41) is 11.9. The first-order valence-corrected chi connectivity index (χ1v) is 5.27. The van der Waals surface area contributed by atoms with Gasteiger partial charge in [0.25, 0.3) is 5.09 Å². The van der Waals surface area contributed by atoms with Crippen LogP contribution in [0.4, 0.5) is 0 Å². The van der Waals surface area contributed by atoms with Gasteiger partial charge in [-0.15, -0.1) is 10.1 Å². The van der Waals surface area contributed by atoms with Crippen LogP contribution in [0.25, 0.3) is 0 Å². The highest BCUT2D eigenvalue weighted by Gasteiger charge is 2.03. The fourth-order valence-corrected chi connectivity index (χ4v) is 1.30. The van der Waals surface area contributed by atoms with Crippen molar-refractivity contribution in [3.05, 3.63) is 45.5 Å². The zero-order chi connectivity index (χ0) is 13.4. The van der Waals surface area contributed by atoms with E-state index in [-0.39, 0.29) is 25.7 Å². The van der Waals surface area contributed by atoms with Crippen molar-refractivity contribution in [3.63, 3.8) is 0 Å². The molecule has 0 bridgehead atoms. The fraction of sp³-hybridized carbons (Fsp3) is 0.364. The summed E-state index contributed by atoms with van der Waals surface area (Å²) in [6.45, 7) is 0.155. The minimum atomic E-state index is -0.848. The third kappa shape index (κ3) is 5.26. The van der Waals surface area contributed by atoms with Gasteiger partial charge >= 0.3 is 5.97 Å². The summed E-state index contributed by atoms with van der Waals surface area (Å²) in [5.74, 6) is -0.357. The van der Waals surface area contributed by atoms with E-state index in [4.69, 9.17) is 4.74 Å². The Morgan fingerprint density at radius 3 is 2.67 bits per heavy atom. The molecule has 0 saturated heterocycles. The van der Waals surface area contributed by atoms with Crippen LogP contribution < -0.4 is 5.32 Å². The molecule has 18 heavy (non-hydrogen) atoms. The lowest BCUT2D eigenvalue weighted by Crippen LogP contribution is -2.20. The molecule has 7 nitrogen and oxygen atoms in total. The maximum Gasteiger partial charge on any atom is 0.320 e. The van der Waals surface area contributed by atoms with Crippen molar-refractivity contribution in [1.82, 2.24) is 5.32 Å². The van der Waals surface area contributed by atoms with Gasteiger partial charge in [0.2, 0.25) is 0 Å². The highest BCUT2D eigenvalue weighted by molar-refractivity contribution is 5.71. The monoisotopic (exact) mass is 254 g/mol. The number of carbonyl (C=O) groups excluding carboxylic acids is 1. The van der Waals surface area contributed by atoms with Gasteiger partial charge in [0.15, 0.2) is 0 Å². The van der Waals surface area contributed by atoms with Crippen LogP contribution in [-0.4, -0.2) is 24.6 Å². The van der Waals surface area contributed by atoms with Crippen LogP contribution in [-0.2, 0) is 27.6 Å². The van der Waals surface area contributed by atoms with Gasteiger partial charge in [0, 0.05) is 0 Å². The average molecular weight is 254 g/mol. The molecule has 0 aliphatic heterocycles. The van der Waals surface area contributed by atoms with Gasteiger partial charge in [-0.05, 0) is 18.2 Å². The second-order valence-corrected chi connectivity index (χ2v) is 3.51. The summed E-state index contributed by atoms with van der Waals surface area (Å²) in [4.78, 5) is 25.4. The molecule has 0 aliphatic carbocycles. The van der Waals surface area contributed by atoms with Gasteiger partial charge in [-0.1, -0.05) is 24.3 Å². The van der Waals surface area contributed by atoms with Crippen LogP contribution in [0.5, 0.6) is 0 Å². The molecule has 7 heteroatoms. The van der Waals surface area contributed by atoms with Gasteiger partial charge in [-0.3, -0.25) is 4.79 Å². The minimum absolute atomic E-state index is 0.120. The van der Waals surface area contributed by atoms with Crippen LogP contribution >= 0.6 is 0 Å². The molecule has 0 heterocycles. The Balaban J connectivity index is 2.48. The number of nitrogens with one attached hydrogen (secondary N) is 1. The van der Waals surface area contributed by atoms with E-state index in [1.165, 1.54) is 0 Å². The SMILES string of the molecule is CNCC(=O)OCc1cccc(CO[N+](=O)[O-])c1. The molecule has 0 aromatic heterocycles. The number of nitrogens with zero attached hydrogens (tertiary/aromatic N) is 1. The molecular formula is C11H14N2O5. The largest absolute Gasteiger partial charge is 0.460 e. The van der Waals surface area contributed by atoms with Gasteiger partial charge in [0.1, 0.15) is 13.2 Å². The molecule has 0 aliphatic rings. The molecule has 0 saturated carbocycles. The number of benzene rings is 1. The molecular weight excluding hydrogens is 240 g/mol. The second-order valence-electron chi connectivity index (χ2n) is 3.51. The Bertz CT molecular complexity index is 422. The molecule has 1 aromatic rings. The summed E-state index contributed by atoms with van der Waals surface area (Å²) >= 11 is 0. The van der Waals surface area contributed by atoms with E-state index >= 15 is 0 Å². The van der Waals surface area contributed by atoms with Crippen LogP contribution in [0.2, 0.25) is 0 Å². The van der Waals surface area contributed by atoms with E-state index in [0.717, 1.165) is 5.56 Å². The zero-order valence-corrected chi connectivity index (χ0v) is 9.92. The number of hydrogen-bond acceptors (Lipinski definition) is 6. The van der Waals surface area contributed by atoms with Gasteiger partial charge < -0.3 is 14.9 Å². The summed E-state index contributed by atoms with van der Waals surface area (Å²) < 4.78 is 4.97. The number of hydrogen-bond donors (Lipinski definition) is 1. The summed E-state index contributed by atoms with van der Waals surface area (Å²) in [6, 6.07) is 6.88. The van der Waals surface area contributed by atoms with E-state index in [1.54, 1.807) is 31.3 Å². The normalized spacial score (nSPS) is 9.83. The van der Waals surface area contributed by atoms with Crippen LogP contribution in [0.1, 0.15) is 11.1 Å². The summed E-state index contributed by atoms with van der Waals surface area (Å²) in [5.41, 5.74) is 1.40. The molecule has 0 amide bonds. The number of carbonyl (C=O) groups is 1. The molecule has 1 rings (SSSR count). The van der Waals surface area contributed by atoms with Gasteiger partial charge in [0.05, 0.1) is 6.54 Å². The molecule has 98 valence electrons. The first-order valence-electron chi connectivity index (χ1n) is 5.27. The van der Waals surface area contributed by atoms with Gasteiger partial charge in [-0.25, -0.2) is 0 Å². The number of rotatable bonds is 7. The van der Waals surface area contributed by atoms with Crippen LogP contribution in [0, 0.1) is 10.1 Å². The van der Waals surface area contributed by atoms with E-state index in [1.807, 2.05) is 0 Å². The van der Waals surface area contributed by atoms with E-state index in [2.05, 4.69) is 10.2 Å². The second kappa shape index (κ2) is 7.23. The van der Waals surface area contributed by atoms with E-state index in [9.17, 15) is 14.9 Å². The van der Waals surface area contributed by atoms with Crippen molar-refractivity contribution in [2.75, 3.05) is 13.6 Å². The van der Waals surface area contributed by atoms with Crippen molar-refractivity contribution in [1.29, 1.82) is 0 Å². The third-order valence-corrected chi connectivity index (χ3v) is 2.05. The molecule has 0 atom stereocenters. The number of likely N-dealkylation sites (N-methyl/N-ethyl adjacent to an activating group) is 1. The summed E-state index contributed by atoms with van der Waals surface area (Å²) in [6.07, 6.45) is 0. The highest BCUT2D eigenvalue weighted by Crippen LogP contribution is 2.08. The molecule has 0 spiro atoms. The Morgan fingerprint density at radius 1 is 1.39 bits per heavy atom. The first-order chi connectivity index (χ1) is 8.61. The van der Waals surface area contributed by atoms with Crippen molar-refractivity contribution >= 4 is 5.97 Å². The summed E-state index contributed by atoms with van der Waals surface area (Å²) in [7, 11) is 1.65. The smallest absolute Gasteiger partial charge is 0.320 e. The lowest BCUT2D eigenvalue weighted by atomic mass is 10.1. The molecule has 1 aromatic carbocycles. The first kappa shape index (κ1) is 13.9. The lowest BCUT2D eigenvalue weighted by Gasteiger charge is -2.06. The lowest BCUT2D eigenvalue weighted by molar-refractivity contribution is -0.763. The Morgan fingerprint density at radius 2 is 2.06 bits per heavy atom. The number of ether oxygens (including phenoxy) is 1. The average Bonchev–Trinajstić information content (AvgIpc) is 2.35. The predicted octanol–water partition coefficient (Wildman–Crippen LogP) is 0.657. The van der Waals surface area contributed by atoms with Gasteiger partial charge in [-0.2, -0.15) is 0 Å². The Hall–Kier alpha value is -2.15. The maximum atomic E-state index is 11.1. The standard InChI is InChI=1S/C11H14N2O5/c1-12-6-11(14)17-7-9-3-2-4-10(5-9)8-18-13(15)16/h2-5,12H,6-8H2,1H3. The quantitative estimate of drug-likeness (QED) is 0.436. The Kier molecular flexibility index (Phi) is 5.59. The maximum absolute atomic E-state index is 11.1. The van der Waals surface area contributed by atoms with Crippen LogP contribution in [0.3, 0.4) is 0 Å². The predicted molar refractivity (Wildman–Crippen MR) is 61.9 cm³/mol. The topological polar surface area (TPSA) is 90.7 Å². The molecule has 1 N–H and O–H groups in total. The highest BCUT2D eigenvalue weighted by atomic mass is 16.9. The van der Waals surface area contributed by atoms with Crippen LogP contribution in [0.15, 0.2) is 24.3 Å². The van der Waals surface area contributed by atoms with Crippen molar-refractivity contribution in [3.8, 4) is 0 Å². The fourth-order valence-electron chi connectivity index (χ4n) is 1.30. The molecule has 0 unspecified atom stereocenters. The molecule has 0 radical (unpaired) electrons. The van der Waals surface area contributed by atoms with E-state index in [0.29, 0.717) is 5.56 Å².